The van der Waals surface area contributed by atoms with Crippen molar-refractivity contribution in [2.24, 2.45) is 28.9 Å². The second kappa shape index (κ2) is 10.4. The van der Waals surface area contributed by atoms with E-state index in [-0.39, 0.29) is 22.8 Å². The lowest BCUT2D eigenvalue weighted by Gasteiger charge is -2.55. The zero-order valence-corrected chi connectivity index (χ0v) is 25.6. The van der Waals surface area contributed by atoms with E-state index in [9.17, 15) is 34.5 Å². The van der Waals surface area contributed by atoms with Crippen LogP contribution < -0.4 is 5.73 Å². The van der Waals surface area contributed by atoms with Crippen LogP contribution in [0.25, 0.3) is 5.76 Å². The van der Waals surface area contributed by atoms with Gasteiger partial charge in [0.1, 0.15) is 28.9 Å². The first-order valence-electron chi connectivity index (χ1n) is 13.9. The Hall–Kier alpha value is -2.93. The van der Waals surface area contributed by atoms with Crippen LogP contribution in [-0.2, 0) is 23.9 Å². The maximum absolute atomic E-state index is 14.5. The molecule has 4 aliphatic carbocycles. The number of fused-ring (bicyclic) bond motifs is 3. The Balaban J connectivity index is 1.81. The van der Waals surface area contributed by atoms with Gasteiger partial charge < -0.3 is 25.8 Å². The number of aromatic hydroxyl groups is 1. The van der Waals surface area contributed by atoms with E-state index < -0.39 is 75.8 Å². The molecular formula is C30H35IN2O8. The standard InChI is InChI=1S/C30H35IN2O8/c1-12-16-14(31)10-11-15(34)18(16)23(35)19-17(12)25(41-29(40)13-8-6-5-7-9-13)21-22(33(3)4)24(36)20(28(32)39)27(38)30(21,2)26(19)37/h10-13,17,21-22,25,34-35,38H,5-9H2,1-4H3,(H2,32,39)/t12?,17?,21?,22-,25?,30+/m0/s1. The third kappa shape index (κ3) is 4.21. The van der Waals surface area contributed by atoms with Gasteiger partial charge >= 0.3 is 5.97 Å². The lowest BCUT2D eigenvalue weighted by molar-refractivity contribution is -0.177. The summed E-state index contributed by atoms with van der Waals surface area (Å²) in [5.74, 6) is -7.51. The number of ketones is 2. The van der Waals surface area contributed by atoms with Crippen LogP contribution in [0.15, 0.2) is 29.0 Å². The average Bonchev–Trinajstić information content (AvgIpc) is 2.91. The third-order valence-corrected chi connectivity index (χ3v) is 10.6. The number of carbonyl (C=O) groups is 4. The number of nitrogens with zero attached hydrogens (tertiary/aromatic N) is 1. The van der Waals surface area contributed by atoms with Crippen molar-refractivity contribution in [3.8, 4) is 5.75 Å². The molecule has 1 aromatic carbocycles. The van der Waals surface area contributed by atoms with E-state index in [2.05, 4.69) is 22.6 Å². The van der Waals surface area contributed by atoms with Crippen molar-refractivity contribution in [2.45, 2.75) is 64.0 Å². The molecule has 4 unspecified atom stereocenters. The topological polar surface area (TPSA) is 167 Å². The molecule has 5 N–H and O–H groups in total. The van der Waals surface area contributed by atoms with Crippen LogP contribution >= 0.6 is 22.6 Å². The van der Waals surface area contributed by atoms with E-state index in [0.717, 1.165) is 22.8 Å². The highest BCUT2D eigenvalue weighted by Crippen LogP contribution is 2.60. The predicted molar refractivity (Wildman–Crippen MR) is 157 cm³/mol. The van der Waals surface area contributed by atoms with Gasteiger partial charge in [-0.1, -0.05) is 26.2 Å². The van der Waals surface area contributed by atoms with Gasteiger partial charge in [0.2, 0.25) is 0 Å². The van der Waals surface area contributed by atoms with Gasteiger partial charge in [0.05, 0.1) is 22.9 Å². The van der Waals surface area contributed by atoms with E-state index in [0.29, 0.717) is 18.4 Å². The van der Waals surface area contributed by atoms with Crippen molar-refractivity contribution in [1.29, 1.82) is 0 Å². The number of phenols is 1. The minimum Gasteiger partial charge on any atom is -0.510 e. The number of allylic oxidation sites excluding steroid dienone is 1. The number of halogens is 1. The first-order valence-corrected chi connectivity index (χ1v) is 15.0. The largest absolute Gasteiger partial charge is 0.510 e. The molecule has 10 nitrogen and oxygen atoms in total. The minimum atomic E-state index is -1.95. The number of phenolic OH excluding ortho intramolecular Hbond substituents is 1. The van der Waals surface area contributed by atoms with E-state index in [1.54, 1.807) is 25.1 Å². The summed E-state index contributed by atoms with van der Waals surface area (Å²) in [4.78, 5) is 56.0. The normalized spacial score (nSPS) is 32.0. The zero-order valence-electron chi connectivity index (χ0n) is 23.4. The highest BCUT2D eigenvalue weighted by molar-refractivity contribution is 14.1. The number of amides is 1. The Labute approximate surface area is 251 Å². The number of hydrogen-bond acceptors (Lipinski definition) is 9. The van der Waals surface area contributed by atoms with Crippen LogP contribution in [-0.4, -0.2) is 69.9 Å². The van der Waals surface area contributed by atoms with Crippen LogP contribution in [0.1, 0.15) is 63.0 Å². The molecule has 1 amide bonds. The zero-order chi connectivity index (χ0) is 30.1. The summed E-state index contributed by atoms with van der Waals surface area (Å²) in [6, 6.07) is 1.97. The molecule has 0 spiro atoms. The Morgan fingerprint density at radius 2 is 1.73 bits per heavy atom. The Kier molecular flexibility index (Phi) is 7.50. The average molecular weight is 679 g/mol. The number of nitrogens with two attached hydrogens (primary N) is 1. The summed E-state index contributed by atoms with van der Waals surface area (Å²) in [5, 5.41) is 33.9. The first-order chi connectivity index (χ1) is 19.2. The maximum Gasteiger partial charge on any atom is 0.309 e. The molecule has 0 heterocycles. The van der Waals surface area contributed by atoms with Gasteiger partial charge in [0.15, 0.2) is 11.6 Å². The molecule has 2 fully saturated rings. The summed E-state index contributed by atoms with van der Waals surface area (Å²) >= 11 is 2.09. The number of aliphatic hydroxyl groups is 2. The van der Waals surface area contributed by atoms with Gasteiger partial charge in [-0.05, 0) is 80.1 Å². The number of ether oxygens (including phenoxy) is 1. The van der Waals surface area contributed by atoms with E-state index in [4.69, 9.17) is 10.5 Å². The second-order valence-corrected chi connectivity index (χ2v) is 13.2. The highest BCUT2D eigenvalue weighted by atomic mass is 127. The molecule has 0 saturated heterocycles. The Morgan fingerprint density at radius 1 is 1.10 bits per heavy atom. The lowest BCUT2D eigenvalue weighted by Crippen LogP contribution is -2.67. The van der Waals surface area contributed by atoms with Crippen molar-refractivity contribution < 1.29 is 39.2 Å². The van der Waals surface area contributed by atoms with Gasteiger partial charge in [-0.3, -0.25) is 24.1 Å². The highest BCUT2D eigenvalue weighted by Gasteiger charge is 2.68. The lowest BCUT2D eigenvalue weighted by atomic mass is 9.50. The molecule has 4 aliphatic rings. The van der Waals surface area contributed by atoms with Crippen LogP contribution in [0.5, 0.6) is 5.75 Å². The molecule has 5 rings (SSSR count). The Bertz CT molecular complexity index is 1430. The number of benzene rings is 1. The van der Waals surface area contributed by atoms with Gasteiger partial charge in [0.25, 0.3) is 5.91 Å². The molecule has 11 heteroatoms. The number of carbonyl (C=O) groups excluding carboxylic acids is 4. The summed E-state index contributed by atoms with van der Waals surface area (Å²) in [5.41, 5.74) is 3.48. The summed E-state index contributed by atoms with van der Waals surface area (Å²) in [7, 11) is 3.22. The molecular weight excluding hydrogens is 643 g/mol. The maximum atomic E-state index is 14.5. The van der Waals surface area contributed by atoms with Gasteiger partial charge in [-0.25, -0.2) is 0 Å². The third-order valence-electron chi connectivity index (χ3n) is 9.66. The fraction of sp³-hybridized carbons (Fsp3) is 0.533. The number of rotatable bonds is 4. The first kappa shape index (κ1) is 29.6. The summed E-state index contributed by atoms with van der Waals surface area (Å²) < 4.78 is 7.06. The van der Waals surface area contributed by atoms with Gasteiger partial charge in [0, 0.05) is 21.0 Å². The molecule has 6 atom stereocenters. The van der Waals surface area contributed by atoms with E-state index in [1.807, 2.05) is 6.92 Å². The summed E-state index contributed by atoms with van der Waals surface area (Å²) in [6.45, 7) is 3.22. The molecule has 0 aromatic heterocycles. The van der Waals surface area contributed by atoms with Crippen molar-refractivity contribution in [1.82, 2.24) is 4.90 Å². The van der Waals surface area contributed by atoms with Crippen molar-refractivity contribution in [2.75, 3.05) is 14.1 Å². The van der Waals surface area contributed by atoms with Crippen LogP contribution in [0.2, 0.25) is 0 Å². The molecule has 0 radical (unpaired) electrons. The summed E-state index contributed by atoms with van der Waals surface area (Å²) in [6.07, 6.45) is 2.95. The number of esters is 1. The van der Waals surface area contributed by atoms with Crippen molar-refractivity contribution in [3.63, 3.8) is 0 Å². The van der Waals surface area contributed by atoms with Gasteiger partial charge in [-0.2, -0.15) is 0 Å². The molecule has 220 valence electrons. The minimum absolute atomic E-state index is 0.0954. The van der Waals surface area contributed by atoms with Crippen molar-refractivity contribution in [3.05, 3.63) is 43.7 Å². The molecule has 2 saturated carbocycles. The number of likely N-dealkylation sites (N-methyl/N-ethyl adjacent to an activating group) is 1. The van der Waals surface area contributed by atoms with E-state index in [1.165, 1.54) is 13.0 Å². The molecule has 0 bridgehead atoms. The van der Waals surface area contributed by atoms with Crippen LogP contribution in [0.4, 0.5) is 0 Å². The molecule has 1 aromatic rings. The Morgan fingerprint density at radius 3 is 2.32 bits per heavy atom. The fourth-order valence-electron chi connectivity index (χ4n) is 7.65. The second-order valence-electron chi connectivity index (χ2n) is 12.1. The monoisotopic (exact) mass is 678 g/mol. The number of primary amides is 1. The number of aliphatic hydroxyl groups excluding tert-OH is 2. The van der Waals surface area contributed by atoms with Crippen LogP contribution in [0.3, 0.4) is 0 Å². The fourth-order valence-corrected chi connectivity index (χ4v) is 8.59. The molecule has 0 aliphatic heterocycles. The SMILES string of the molecule is CC1c2c(I)ccc(O)c2C(O)=C2C(=O)[C@]3(C)C(O)=C(C(N)=O)C(=O)[C@@H](N(C)C)C3C(OC(=O)C3CCCCC3)C21. The number of Topliss-reactive ketones (excluding diaryl/α,β-unsaturated/α-hetero) is 2. The quantitative estimate of drug-likeness (QED) is 0.212. The van der Waals surface area contributed by atoms with E-state index >= 15 is 0 Å². The predicted octanol–water partition coefficient (Wildman–Crippen LogP) is 3.51. The van der Waals surface area contributed by atoms with Crippen molar-refractivity contribution >= 4 is 51.8 Å². The van der Waals surface area contributed by atoms with Crippen LogP contribution in [0, 0.1) is 26.7 Å². The number of hydrogen-bond donors (Lipinski definition) is 4. The van der Waals surface area contributed by atoms with Gasteiger partial charge in [-0.15, -0.1) is 0 Å². The smallest absolute Gasteiger partial charge is 0.309 e. The molecule has 41 heavy (non-hydrogen) atoms.